The third-order valence-electron chi connectivity index (χ3n) is 4.10. The topological polar surface area (TPSA) is 81.0 Å². The fourth-order valence-electron chi connectivity index (χ4n) is 2.88. The SMILES string of the molecule is O=C(Cn1cc(Br)ccc1=O)N1N=C(c2ccco2)CC1c1ccco1. The van der Waals surface area contributed by atoms with Crippen LogP contribution in [0.5, 0.6) is 0 Å². The first-order valence-electron chi connectivity index (χ1n) is 7.94. The Hall–Kier alpha value is -2.87. The number of pyridine rings is 1. The molecule has 0 bridgehead atoms. The number of hydrogen-bond acceptors (Lipinski definition) is 5. The van der Waals surface area contributed by atoms with Crippen molar-refractivity contribution in [3.63, 3.8) is 0 Å². The van der Waals surface area contributed by atoms with Crippen LogP contribution in [0.4, 0.5) is 0 Å². The number of furan rings is 2. The van der Waals surface area contributed by atoms with Crippen molar-refractivity contribution in [1.82, 2.24) is 9.58 Å². The van der Waals surface area contributed by atoms with E-state index in [0.717, 1.165) is 0 Å². The maximum Gasteiger partial charge on any atom is 0.263 e. The van der Waals surface area contributed by atoms with Crippen LogP contribution in [0.25, 0.3) is 0 Å². The molecule has 7 nitrogen and oxygen atoms in total. The van der Waals surface area contributed by atoms with Crippen molar-refractivity contribution >= 4 is 27.5 Å². The Morgan fingerprint density at radius 1 is 1.19 bits per heavy atom. The van der Waals surface area contributed by atoms with Crippen molar-refractivity contribution in [3.8, 4) is 0 Å². The van der Waals surface area contributed by atoms with Crippen LogP contribution >= 0.6 is 15.9 Å². The van der Waals surface area contributed by atoms with Gasteiger partial charge in [0.05, 0.1) is 12.5 Å². The number of halogens is 1. The highest BCUT2D eigenvalue weighted by Crippen LogP contribution is 2.33. The Labute approximate surface area is 156 Å². The fourth-order valence-corrected chi connectivity index (χ4v) is 3.26. The second-order valence-electron chi connectivity index (χ2n) is 5.81. The molecule has 26 heavy (non-hydrogen) atoms. The zero-order valence-corrected chi connectivity index (χ0v) is 15.1. The number of nitrogens with zero attached hydrogens (tertiary/aromatic N) is 3. The van der Waals surface area contributed by atoms with E-state index in [4.69, 9.17) is 8.83 Å². The Bertz CT molecular complexity index is 1010. The molecule has 4 heterocycles. The van der Waals surface area contributed by atoms with Crippen LogP contribution in [0.2, 0.25) is 0 Å². The first-order chi connectivity index (χ1) is 12.6. The molecule has 0 fully saturated rings. The van der Waals surface area contributed by atoms with E-state index in [1.807, 2.05) is 0 Å². The molecule has 0 spiro atoms. The lowest BCUT2D eigenvalue weighted by atomic mass is 10.1. The molecule has 0 saturated heterocycles. The summed E-state index contributed by atoms with van der Waals surface area (Å²) in [5, 5.41) is 5.80. The smallest absolute Gasteiger partial charge is 0.263 e. The van der Waals surface area contributed by atoms with E-state index in [0.29, 0.717) is 28.1 Å². The first kappa shape index (κ1) is 16.6. The lowest BCUT2D eigenvalue weighted by Crippen LogP contribution is -2.33. The van der Waals surface area contributed by atoms with Crippen LogP contribution in [0.1, 0.15) is 24.0 Å². The standard InChI is InChI=1S/C18H14BrN3O4/c19-12-5-6-17(23)21(10-12)11-18(24)22-14(16-4-2-8-26-16)9-13(20-22)15-3-1-7-25-15/h1-8,10,14H,9,11H2. The minimum atomic E-state index is -0.375. The molecule has 3 aromatic heterocycles. The monoisotopic (exact) mass is 415 g/mol. The summed E-state index contributed by atoms with van der Waals surface area (Å²) in [4.78, 5) is 24.9. The van der Waals surface area contributed by atoms with Gasteiger partial charge in [-0.15, -0.1) is 0 Å². The number of carbonyl (C=O) groups excluding carboxylic acids is 1. The quantitative estimate of drug-likeness (QED) is 0.655. The highest BCUT2D eigenvalue weighted by molar-refractivity contribution is 9.10. The Kier molecular flexibility index (Phi) is 4.34. The summed E-state index contributed by atoms with van der Waals surface area (Å²) in [6.45, 7) is -0.121. The summed E-state index contributed by atoms with van der Waals surface area (Å²) in [6.07, 6.45) is 5.17. The molecule has 132 valence electrons. The van der Waals surface area contributed by atoms with E-state index < -0.39 is 0 Å². The molecule has 0 saturated carbocycles. The van der Waals surface area contributed by atoms with Crippen LogP contribution in [-0.4, -0.2) is 21.2 Å². The second-order valence-corrected chi connectivity index (χ2v) is 6.73. The van der Waals surface area contributed by atoms with Gasteiger partial charge in [-0.05, 0) is 46.3 Å². The molecule has 8 heteroatoms. The largest absolute Gasteiger partial charge is 0.467 e. The van der Waals surface area contributed by atoms with Crippen molar-refractivity contribution in [2.75, 3.05) is 0 Å². The average molecular weight is 416 g/mol. The molecule has 0 aromatic carbocycles. The van der Waals surface area contributed by atoms with Crippen LogP contribution < -0.4 is 5.56 Å². The summed E-state index contributed by atoms with van der Waals surface area (Å²) < 4.78 is 12.9. The zero-order valence-electron chi connectivity index (χ0n) is 13.5. The number of amides is 1. The Morgan fingerprint density at radius 3 is 2.73 bits per heavy atom. The zero-order chi connectivity index (χ0) is 18.1. The molecule has 1 aliphatic heterocycles. The number of carbonyl (C=O) groups is 1. The molecule has 1 unspecified atom stereocenters. The van der Waals surface area contributed by atoms with Gasteiger partial charge in [0.1, 0.15) is 29.8 Å². The summed E-state index contributed by atoms with van der Waals surface area (Å²) in [5.41, 5.74) is 0.400. The summed E-state index contributed by atoms with van der Waals surface area (Å²) in [5.74, 6) is 0.926. The van der Waals surface area contributed by atoms with E-state index in [-0.39, 0.29) is 24.1 Å². The Morgan fingerprint density at radius 2 is 2.00 bits per heavy atom. The van der Waals surface area contributed by atoms with E-state index >= 15 is 0 Å². The number of hydrazone groups is 1. The lowest BCUT2D eigenvalue weighted by molar-refractivity contribution is -0.134. The van der Waals surface area contributed by atoms with Gasteiger partial charge in [0.2, 0.25) is 0 Å². The van der Waals surface area contributed by atoms with Gasteiger partial charge in [-0.25, -0.2) is 5.01 Å². The second kappa shape index (κ2) is 6.80. The van der Waals surface area contributed by atoms with E-state index in [1.54, 1.807) is 49.1 Å². The maximum absolute atomic E-state index is 12.9. The average Bonchev–Trinajstić information content (AvgIpc) is 3.38. The number of hydrogen-bond donors (Lipinski definition) is 0. The van der Waals surface area contributed by atoms with Crippen molar-refractivity contribution in [2.45, 2.75) is 19.0 Å². The van der Waals surface area contributed by atoms with Gasteiger partial charge in [-0.1, -0.05) is 0 Å². The normalized spacial score (nSPS) is 16.7. The van der Waals surface area contributed by atoms with Gasteiger partial charge in [0.25, 0.3) is 11.5 Å². The number of aromatic nitrogens is 1. The molecule has 1 aliphatic rings. The predicted octanol–water partition coefficient (Wildman–Crippen LogP) is 3.17. The van der Waals surface area contributed by atoms with Crippen LogP contribution in [0.3, 0.4) is 0 Å². The van der Waals surface area contributed by atoms with Crippen molar-refractivity contribution in [2.24, 2.45) is 5.10 Å². The molecule has 0 radical (unpaired) electrons. The minimum absolute atomic E-state index is 0.121. The van der Waals surface area contributed by atoms with Gasteiger partial charge >= 0.3 is 0 Å². The molecule has 1 atom stereocenters. The van der Waals surface area contributed by atoms with E-state index in [9.17, 15) is 9.59 Å². The molecule has 4 rings (SSSR count). The van der Waals surface area contributed by atoms with Gasteiger partial charge in [-0.2, -0.15) is 5.10 Å². The predicted molar refractivity (Wildman–Crippen MR) is 96.6 cm³/mol. The fraction of sp³-hybridized carbons (Fsp3) is 0.167. The van der Waals surface area contributed by atoms with Gasteiger partial charge in [0.15, 0.2) is 0 Å². The molecule has 0 N–H and O–H groups in total. The molecular formula is C18H14BrN3O4. The third kappa shape index (κ3) is 3.15. The van der Waals surface area contributed by atoms with Gasteiger partial charge < -0.3 is 13.4 Å². The lowest BCUT2D eigenvalue weighted by Gasteiger charge is -2.20. The molecule has 1 amide bonds. The third-order valence-corrected chi connectivity index (χ3v) is 4.57. The molecule has 0 aliphatic carbocycles. The van der Waals surface area contributed by atoms with Crippen molar-refractivity contribution in [3.05, 3.63) is 81.5 Å². The highest BCUT2D eigenvalue weighted by atomic mass is 79.9. The van der Waals surface area contributed by atoms with Crippen molar-refractivity contribution < 1.29 is 13.6 Å². The van der Waals surface area contributed by atoms with Crippen molar-refractivity contribution in [1.29, 1.82) is 0 Å². The molecular weight excluding hydrogens is 402 g/mol. The minimum Gasteiger partial charge on any atom is -0.467 e. The Balaban J connectivity index is 1.65. The van der Waals surface area contributed by atoms with Crippen LogP contribution in [-0.2, 0) is 11.3 Å². The van der Waals surface area contributed by atoms with Crippen LogP contribution in [0.15, 0.2) is 78.3 Å². The summed E-state index contributed by atoms with van der Waals surface area (Å²) in [7, 11) is 0. The number of rotatable bonds is 4. The highest BCUT2D eigenvalue weighted by Gasteiger charge is 2.35. The summed E-state index contributed by atoms with van der Waals surface area (Å²) >= 11 is 3.31. The van der Waals surface area contributed by atoms with Gasteiger partial charge in [0, 0.05) is 23.2 Å². The van der Waals surface area contributed by atoms with Gasteiger partial charge in [-0.3, -0.25) is 9.59 Å². The first-order valence-corrected chi connectivity index (χ1v) is 8.74. The van der Waals surface area contributed by atoms with Crippen LogP contribution in [0, 0.1) is 0 Å². The molecule has 3 aromatic rings. The van der Waals surface area contributed by atoms with E-state index in [2.05, 4.69) is 21.0 Å². The summed E-state index contributed by atoms with van der Waals surface area (Å²) in [6, 6.07) is 9.80. The maximum atomic E-state index is 12.9. The van der Waals surface area contributed by atoms with E-state index in [1.165, 1.54) is 15.6 Å².